The number of amides is 1. The maximum atomic E-state index is 12.4. The molecule has 26 heavy (non-hydrogen) atoms. The molecule has 4 rings (SSSR count). The van der Waals surface area contributed by atoms with Gasteiger partial charge in [0.25, 0.3) is 0 Å². The molecule has 2 aromatic rings. The van der Waals surface area contributed by atoms with Crippen molar-refractivity contribution in [1.82, 2.24) is 14.8 Å². The van der Waals surface area contributed by atoms with Crippen LogP contribution in [0.5, 0.6) is 0 Å². The highest BCUT2D eigenvalue weighted by Crippen LogP contribution is 2.30. The van der Waals surface area contributed by atoms with Crippen LogP contribution in [0.3, 0.4) is 0 Å². The zero-order chi connectivity index (χ0) is 17.9. The van der Waals surface area contributed by atoms with Crippen LogP contribution in [0.4, 0.5) is 0 Å². The van der Waals surface area contributed by atoms with E-state index in [4.69, 9.17) is 0 Å². The number of piperidine rings is 2. The van der Waals surface area contributed by atoms with Gasteiger partial charge in [-0.1, -0.05) is 24.6 Å². The molecule has 1 amide bonds. The molecule has 3 heterocycles. The van der Waals surface area contributed by atoms with Gasteiger partial charge < -0.3 is 14.8 Å². The summed E-state index contributed by atoms with van der Waals surface area (Å²) in [4.78, 5) is 15.1. The number of aryl methyl sites for hydroxylation is 2. The Kier molecular flexibility index (Phi) is 5.30. The van der Waals surface area contributed by atoms with Gasteiger partial charge in [-0.05, 0) is 62.7 Å². The fourth-order valence-corrected chi connectivity index (χ4v) is 5.02. The Morgan fingerprint density at radius 1 is 1.15 bits per heavy atom. The van der Waals surface area contributed by atoms with Crippen LogP contribution in [-0.2, 0) is 18.3 Å². The molecular formula is C22H31N3O. The number of para-hydroxylation sites is 1. The van der Waals surface area contributed by atoms with E-state index in [1.165, 1.54) is 61.7 Å². The molecule has 0 spiro atoms. The van der Waals surface area contributed by atoms with Crippen LogP contribution in [0.15, 0.2) is 30.5 Å². The number of aromatic nitrogens is 1. The summed E-state index contributed by atoms with van der Waals surface area (Å²) in [7, 11) is 2.07. The first-order valence-electron chi connectivity index (χ1n) is 10.3. The Labute approximate surface area is 156 Å². The van der Waals surface area contributed by atoms with Gasteiger partial charge in [-0.15, -0.1) is 0 Å². The van der Waals surface area contributed by atoms with Crippen LogP contribution in [-0.4, -0.2) is 41.1 Å². The van der Waals surface area contributed by atoms with Gasteiger partial charge in [0, 0.05) is 43.2 Å². The molecule has 0 bridgehead atoms. The molecule has 2 aliphatic rings. The Bertz CT molecular complexity index is 764. The molecule has 1 aromatic heterocycles. The topological polar surface area (TPSA) is 37.3 Å². The molecule has 0 radical (unpaired) electrons. The average Bonchev–Trinajstić information content (AvgIpc) is 3.01. The van der Waals surface area contributed by atoms with Gasteiger partial charge in [-0.25, -0.2) is 0 Å². The lowest BCUT2D eigenvalue weighted by atomic mass is 9.83. The minimum atomic E-state index is 0.200. The first kappa shape index (κ1) is 17.6. The molecule has 2 unspecified atom stereocenters. The van der Waals surface area contributed by atoms with Crippen molar-refractivity contribution in [3.8, 4) is 0 Å². The number of nitrogens with one attached hydrogen (secondary N) is 1. The summed E-state index contributed by atoms with van der Waals surface area (Å²) in [6.45, 7) is 3.38. The van der Waals surface area contributed by atoms with E-state index in [1.54, 1.807) is 0 Å². The van der Waals surface area contributed by atoms with Gasteiger partial charge >= 0.3 is 0 Å². The molecule has 4 nitrogen and oxygen atoms in total. The number of hydrogen-bond donors (Lipinski definition) is 1. The molecular weight excluding hydrogens is 322 g/mol. The summed E-state index contributed by atoms with van der Waals surface area (Å²) < 4.78 is 2.16. The standard InChI is InChI=1S/C22H31N3O/c1-24-16-18(19-8-2-3-10-21(19)24)11-12-22(26)23-15-17-7-6-14-25-13-5-4-9-20(17)25/h2-3,8,10,16-17,20H,4-7,9,11-15H2,1H3,(H,23,26). The molecule has 2 atom stereocenters. The zero-order valence-corrected chi connectivity index (χ0v) is 15.9. The zero-order valence-electron chi connectivity index (χ0n) is 15.9. The van der Waals surface area contributed by atoms with E-state index in [1.807, 2.05) is 0 Å². The number of hydrogen-bond acceptors (Lipinski definition) is 2. The van der Waals surface area contributed by atoms with Crippen molar-refractivity contribution in [3.05, 3.63) is 36.0 Å². The first-order valence-corrected chi connectivity index (χ1v) is 10.3. The van der Waals surface area contributed by atoms with Gasteiger partial charge in [0.15, 0.2) is 0 Å². The predicted octanol–water partition coefficient (Wildman–Crippen LogP) is 3.49. The summed E-state index contributed by atoms with van der Waals surface area (Å²) in [6, 6.07) is 9.14. The second-order valence-corrected chi connectivity index (χ2v) is 8.09. The second-order valence-electron chi connectivity index (χ2n) is 8.09. The van der Waals surface area contributed by atoms with Gasteiger partial charge in [0.1, 0.15) is 0 Å². The smallest absolute Gasteiger partial charge is 0.220 e. The Morgan fingerprint density at radius 3 is 2.92 bits per heavy atom. The van der Waals surface area contributed by atoms with Crippen LogP contribution in [0, 0.1) is 5.92 Å². The number of nitrogens with zero attached hydrogens (tertiary/aromatic N) is 2. The fraction of sp³-hybridized carbons (Fsp3) is 0.591. The normalized spacial score (nSPS) is 23.7. The van der Waals surface area contributed by atoms with Gasteiger partial charge in [-0.3, -0.25) is 4.79 Å². The Morgan fingerprint density at radius 2 is 2.00 bits per heavy atom. The van der Waals surface area contributed by atoms with Crippen LogP contribution >= 0.6 is 0 Å². The van der Waals surface area contributed by atoms with Gasteiger partial charge in [0.2, 0.25) is 5.91 Å². The highest BCUT2D eigenvalue weighted by Gasteiger charge is 2.32. The van der Waals surface area contributed by atoms with Crippen molar-refractivity contribution in [2.24, 2.45) is 13.0 Å². The minimum Gasteiger partial charge on any atom is -0.356 e. The van der Waals surface area contributed by atoms with Crippen molar-refractivity contribution in [1.29, 1.82) is 0 Å². The molecule has 2 saturated heterocycles. The summed E-state index contributed by atoms with van der Waals surface area (Å²) in [5.74, 6) is 0.844. The number of carbonyl (C=O) groups excluding carboxylic acids is 1. The number of fused-ring (bicyclic) bond motifs is 2. The largest absolute Gasteiger partial charge is 0.356 e. The molecule has 2 fully saturated rings. The Balaban J connectivity index is 1.30. The second kappa shape index (κ2) is 7.83. The van der Waals surface area contributed by atoms with E-state index in [9.17, 15) is 4.79 Å². The third-order valence-electron chi connectivity index (χ3n) is 6.39. The van der Waals surface area contributed by atoms with Crippen molar-refractivity contribution in [2.75, 3.05) is 19.6 Å². The molecule has 0 aliphatic carbocycles. The minimum absolute atomic E-state index is 0.200. The summed E-state index contributed by atoms with van der Waals surface area (Å²) in [6.07, 6.45) is 10.1. The average molecular weight is 354 g/mol. The lowest BCUT2D eigenvalue weighted by Crippen LogP contribution is -2.51. The maximum Gasteiger partial charge on any atom is 0.220 e. The molecule has 1 N–H and O–H groups in total. The fourth-order valence-electron chi connectivity index (χ4n) is 5.02. The molecule has 2 aliphatic heterocycles. The number of benzene rings is 1. The van der Waals surface area contributed by atoms with Gasteiger partial charge in [0.05, 0.1) is 0 Å². The maximum absolute atomic E-state index is 12.4. The summed E-state index contributed by atoms with van der Waals surface area (Å²) in [5.41, 5.74) is 2.51. The number of carbonyl (C=O) groups is 1. The first-order chi connectivity index (χ1) is 12.7. The van der Waals surface area contributed by atoms with Crippen molar-refractivity contribution in [3.63, 3.8) is 0 Å². The molecule has 140 valence electrons. The van der Waals surface area contributed by atoms with Gasteiger partial charge in [-0.2, -0.15) is 0 Å². The highest BCUT2D eigenvalue weighted by molar-refractivity contribution is 5.84. The monoisotopic (exact) mass is 353 g/mol. The quantitative estimate of drug-likeness (QED) is 0.893. The van der Waals surface area contributed by atoms with Crippen LogP contribution < -0.4 is 5.32 Å². The van der Waals surface area contributed by atoms with E-state index in [-0.39, 0.29) is 5.91 Å². The lowest BCUT2D eigenvalue weighted by Gasteiger charge is -2.44. The van der Waals surface area contributed by atoms with E-state index in [2.05, 4.69) is 52.3 Å². The summed E-state index contributed by atoms with van der Waals surface area (Å²) >= 11 is 0. The van der Waals surface area contributed by atoms with Crippen LogP contribution in [0.1, 0.15) is 44.1 Å². The van der Waals surface area contributed by atoms with Crippen molar-refractivity contribution >= 4 is 16.8 Å². The molecule has 1 aromatic carbocycles. The van der Waals surface area contributed by atoms with E-state index in [0.29, 0.717) is 18.4 Å². The highest BCUT2D eigenvalue weighted by atomic mass is 16.1. The van der Waals surface area contributed by atoms with E-state index >= 15 is 0 Å². The lowest BCUT2D eigenvalue weighted by molar-refractivity contribution is -0.121. The molecule has 4 heteroatoms. The van der Waals surface area contributed by atoms with Crippen molar-refractivity contribution < 1.29 is 4.79 Å². The molecule has 0 saturated carbocycles. The predicted molar refractivity (Wildman–Crippen MR) is 106 cm³/mol. The van der Waals surface area contributed by atoms with Crippen LogP contribution in [0.25, 0.3) is 10.9 Å². The third-order valence-corrected chi connectivity index (χ3v) is 6.39. The Hall–Kier alpha value is -1.81. The van der Waals surface area contributed by atoms with Crippen molar-refractivity contribution in [2.45, 2.75) is 51.0 Å². The third kappa shape index (κ3) is 3.66. The number of rotatable bonds is 5. The summed E-state index contributed by atoms with van der Waals surface area (Å²) in [5, 5.41) is 4.51. The van der Waals surface area contributed by atoms with E-state index < -0.39 is 0 Å². The SMILES string of the molecule is Cn1cc(CCC(=O)NCC2CCCN3CCCCC23)c2ccccc21. The van der Waals surface area contributed by atoms with Crippen LogP contribution in [0.2, 0.25) is 0 Å². The van der Waals surface area contributed by atoms with E-state index in [0.717, 1.165) is 13.0 Å².